The number of hydrogen-bond donors (Lipinski definition) is 0. The van der Waals surface area contributed by atoms with Gasteiger partial charge in [0.2, 0.25) is 0 Å². The van der Waals surface area contributed by atoms with E-state index >= 15 is 0 Å². The standard InChI is InChI=1S/C16H22N2O2/c1-20-16-5-2-13(12-19)10-14(16)11-17-6-8-18(9-7-17)15-3-4-15/h2,5,10,12,15H,3-4,6-9,11H2,1H3. The van der Waals surface area contributed by atoms with E-state index in [0.29, 0.717) is 0 Å². The van der Waals surface area contributed by atoms with Gasteiger partial charge in [-0.1, -0.05) is 0 Å². The topological polar surface area (TPSA) is 32.8 Å². The van der Waals surface area contributed by atoms with Crippen molar-refractivity contribution in [2.45, 2.75) is 25.4 Å². The molecule has 2 aliphatic rings. The molecule has 1 aromatic rings. The summed E-state index contributed by atoms with van der Waals surface area (Å²) in [6.45, 7) is 5.40. The number of piperazine rings is 1. The summed E-state index contributed by atoms with van der Waals surface area (Å²) in [5.41, 5.74) is 1.83. The van der Waals surface area contributed by atoms with E-state index in [-0.39, 0.29) is 0 Å². The Morgan fingerprint density at radius 1 is 1.25 bits per heavy atom. The van der Waals surface area contributed by atoms with E-state index in [1.54, 1.807) is 13.2 Å². The highest BCUT2D eigenvalue weighted by Gasteiger charge is 2.31. The first kappa shape index (κ1) is 13.6. The van der Waals surface area contributed by atoms with Crippen LogP contribution in [0, 0.1) is 0 Å². The van der Waals surface area contributed by atoms with Crippen LogP contribution in [0.3, 0.4) is 0 Å². The summed E-state index contributed by atoms with van der Waals surface area (Å²) in [6.07, 6.45) is 3.67. The zero-order chi connectivity index (χ0) is 13.9. The van der Waals surface area contributed by atoms with Gasteiger partial charge in [-0.15, -0.1) is 0 Å². The molecule has 4 nitrogen and oxygen atoms in total. The van der Waals surface area contributed by atoms with Gasteiger partial charge in [0.15, 0.2) is 0 Å². The van der Waals surface area contributed by atoms with Crippen molar-refractivity contribution in [2.24, 2.45) is 0 Å². The molecule has 1 saturated carbocycles. The molecule has 1 aromatic carbocycles. The monoisotopic (exact) mass is 274 g/mol. The van der Waals surface area contributed by atoms with Crippen molar-refractivity contribution < 1.29 is 9.53 Å². The van der Waals surface area contributed by atoms with Gasteiger partial charge in [0, 0.05) is 49.9 Å². The summed E-state index contributed by atoms with van der Waals surface area (Å²) >= 11 is 0. The summed E-state index contributed by atoms with van der Waals surface area (Å²) < 4.78 is 5.40. The fourth-order valence-corrected chi connectivity index (χ4v) is 2.96. The average Bonchev–Trinajstić information content (AvgIpc) is 3.32. The molecule has 0 bridgehead atoms. The Hall–Kier alpha value is -1.39. The Kier molecular flexibility index (Phi) is 4.03. The van der Waals surface area contributed by atoms with E-state index < -0.39 is 0 Å². The van der Waals surface area contributed by atoms with Crippen molar-refractivity contribution in [2.75, 3.05) is 33.3 Å². The van der Waals surface area contributed by atoms with Crippen molar-refractivity contribution in [1.82, 2.24) is 9.80 Å². The normalized spacial score (nSPS) is 20.9. The van der Waals surface area contributed by atoms with E-state index in [9.17, 15) is 4.79 Å². The molecular formula is C16H22N2O2. The number of hydrogen-bond acceptors (Lipinski definition) is 4. The summed E-state index contributed by atoms with van der Waals surface area (Å²) in [7, 11) is 1.68. The van der Waals surface area contributed by atoms with Crippen molar-refractivity contribution in [3.05, 3.63) is 29.3 Å². The minimum atomic E-state index is 0.720. The van der Waals surface area contributed by atoms with Crippen LogP contribution in [0.25, 0.3) is 0 Å². The predicted octanol–water partition coefficient (Wildman–Crippen LogP) is 1.79. The summed E-state index contributed by atoms with van der Waals surface area (Å²) in [5, 5.41) is 0. The van der Waals surface area contributed by atoms with Crippen molar-refractivity contribution in [3.63, 3.8) is 0 Å². The highest BCUT2D eigenvalue weighted by atomic mass is 16.5. The Morgan fingerprint density at radius 2 is 2.00 bits per heavy atom. The number of carbonyl (C=O) groups is 1. The maximum Gasteiger partial charge on any atom is 0.150 e. The highest BCUT2D eigenvalue weighted by Crippen LogP contribution is 2.28. The number of benzene rings is 1. The molecule has 1 heterocycles. The molecule has 0 aromatic heterocycles. The number of rotatable bonds is 5. The van der Waals surface area contributed by atoms with Crippen molar-refractivity contribution in [3.8, 4) is 5.75 Å². The zero-order valence-corrected chi connectivity index (χ0v) is 12.0. The third-order valence-electron chi connectivity index (χ3n) is 4.30. The molecule has 1 aliphatic carbocycles. The van der Waals surface area contributed by atoms with Gasteiger partial charge in [0.25, 0.3) is 0 Å². The molecule has 108 valence electrons. The Labute approximate surface area is 120 Å². The van der Waals surface area contributed by atoms with Gasteiger partial charge in [-0.3, -0.25) is 14.6 Å². The van der Waals surface area contributed by atoms with Gasteiger partial charge in [0.1, 0.15) is 12.0 Å². The minimum Gasteiger partial charge on any atom is -0.496 e. The van der Waals surface area contributed by atoms with Crippen LogP contribution in [-0.2, 0) is 6.54 Å². The van der Waals surface area contributed by atoms with Crippen LogP contribution >= 0.6 is 0 Å². The van der Waals surface area contributed by atoms with Gasteiger partial charge < -0.3 is 4.74 Å². The Balaban J connectivity index is 1.63. The third-order valence-corrected chi connectivity index (χ3v) is 4.30. The van der Waals surface area contributed by atoms with Gasteiger partial charge in [-0.25, -0.2) is 0 Å². The maximum atomic E-state index is 10.9. The Bertz CT molecular complexity index is 477. The van der Waals surface area contributed by atoms with Gasteiger partial charge in [-0.05, 0) is 31.0 Å². The number of carbonyl (C=O) groups excluding carboxylic acids is 1. The minimum absolute atomic E-state index is 0.720. The lowest BCUT2D eigenvalue weighted by atomic mass is 10.1. The first-order valence-electron chi connectivity index (χ1n) is 7.38. The highest BCUT2D eigenvalue weighted by molar-refractivity contribution is 5.75. The second-order valence-corrected chi connectivity index (χ2v) is 5.73. The van der Waals surface area contributed by atoms with Crippen LogP contribution in [0.5, 0.6) is 5.75 Å². The SMILES string of the molecule is COc1ccc(C=O)cc1CN1CCN(C2CC2)CC1. The molecule has 0 atom stereocenters. The van der Waals surface area contributed by atoms with Crippen molar-refractivity contribution >= 4 is 6.29 Å². The maximum absolute atomic E-state index is 10.9. The molecule has 1 saturated heterocycles. The van der Waals surface area contributed by atoms with E-state index in [0.717, 1.165) is 48.8 Å². The van der Waals surface area contributed by atoms with E-state index in [1.807, 2.05) is 12.1 Å². The second-order valence-electron chi connectivity index (χ2n) is 5.73. The molecular weight excluding hydrogens is 252 g/mol. The van der Waals surface area contributed by atoms with Crippen LogP contribution in [0.2, 0.25) is 0 Å². The summed E-state index contributed by atoms with van der Waals surface area (Å²) in [5.74, 6) is 0.875. The van der Waals surface area contributed by atoms with Crippen molar-refractivity contribution in [1.29, 1.82) is 0 Å². The van der Waals surface area contributed by atoms with Crippen LogP contribution in [-0.4, -0.2) is 55.4 Å². The fraction of sp³-hybridized carbons (Fsp3) is 0.562. The smallest absolute Gasteiger partial charge is 0.150 e. The van der Waals surface area contributed by atoms with Crippen LogP contribution in [0.4, 0.5) is 0 Å². The molecule has 20 heavy (non-hydrogen) atoms. The van der Waals surface area contributed by atoms with Gasteiger partial charge >= 0.3 is 0 Å². The van der Waals surface area contributed by atoms with Crippen LogP contribution < -0.4 is 4.74 Å². The quantitative estimate of drug-likeness (QED) is 0.766. The van der Waals surface area contributed by atoms with E-state index in [4.69, 9.17) is 4.74 Å². The molecule has 0 unspecified atom stereocenters. The lowest BCUT2D eigenvalue weighted by Gasteiger charge is -2.35. The molecule has 1 aliphatic heterocycles. The molecule has 2 fully saturated rings. The lowest BCUT2D eigenvalue weighted by molar-refractivity contribution is 0.112. The average molecular weight is 274 g/mol. The first-order chi connectivity index (χ1) is 9.80. The second kappa shape index (κ2) is 5.94. The molecule has 0 amide bonds. The number of aldehydes is 1. The molecule has 0 radical (unpaired) electrons. The van der Waals surface area contributed by atoms with Gasteiger partial charge in [0.05, 0.1) is 7.11 Å². The van der Waals surface area contributed by atoms with Crippen LogP contribution in [0.15, 0.2) is 18.2 Å². The molecule has 0 N–H and O–H groups in total. The number of methoxy groups -OCH3 is 1. The molecule has 3 rings (SSSR count). The predicted molar refractivity (Wildman–Crippen MR) is 78.3 cm³/mol. The number of nitrogens with zero attached hydrogens (tertiary/aromatic N) is 2. The largest absolute Gasteiger partial charge is 0.496 e. The lowest BCUT2D eigenvalue weighted by Crippen LogP contribution is -2.46. The zero-order valence-electron chi connectivity index (χ0n) is 12.0. The molecule has 4 heteroatoms. The van der Waals surface area contributed by atoms with E-state index in [2.05, 4.69) is 9.80 Å². The number of ether oxygens (including phenoxy) is 1. The first-order valence-corrected chi connectivity index (χ1v) is 7.38. The van der Waals surface area contributed by atoms with Gasteiger partial charge in [-0.2, -0.15) is 0 Å². The summed E-state index contributed by atoms with van der Waals surface area (Å²) in [6, 6.07) is 6.50. The summed E-state index contributed by atoms with van der Waals surface area (Å²) in [4.78, 5) is 16.0. The van der Waals surface area contributed by atoms with E-state index in [1.165, 1.54) is 25.9 Å². The Morgan fingerprint density at radius 3 is 2.60 bits per heavy atom. The van der Waals surface area contributed by atoms with Crippen LogP contribution in [0.1, 0.15) is 28.8 Å². The molecule has 0 spiro atoms. The third kappa shape index (κ3) is 3.02. The fourth-order valence-electron chi connectivity index (χ4n) is 2.96.